The molecule has 0 aliphatic heterocycles. The van der Waals surface area contributed by atoms with Crippen LogP contribution in [0.1, 0.15) is 21.5 Å². The van der Waals surface area contributed by atoms with Gasteiger partial charge in [0.1, 0.15) is 0 Å². The number of carbonyl (C=O) groups excluding carboxylic acids is 1. The van der Waals surface area contributed by atoms with Crippen molar-refractivity contribution in [3.8, 4) is 17.3 Å². The molecule has 0 bridgehead atoms. The summed E-state index contributed by atoms with van der Waals surface area (Å²) in [6.07, 6.45) is 1.62. The smallest absolute Gasteiger partial charge is 0.248 e. The molecule has 0 saturated heterocycles. The number of rotatable bonds is 6. The zero-order valence-electron chi connectivity index (χ0n) is 15.2. The first kappa shape index (κ1) is 18.1. The number of furan rings is 1. The highest BCUT2D eigenvalue weighted by molar-refractivity contribution is 7.98. The summed E-state index contributed by atoms with van der Waals surface area (Å²) in [7, 11) is 0. The Morgan fingerprint density at radius 2 is 1.82 bits per heavy atom. The van der Waals surface area contributed by atoms with Gasteiger partial charge in [0.05, 0.1) is 6.26 Å². The third-order valence-electron chi connectivity index (χ3n) is 4.27. The quantitative estimate of drug-likeness (QED) is 0.498. The standard InChI is InChI=1S/C21H18N4O2S/c1-14-4-10-17(11-5-14)25-20(18-3-2-12-27-18)23-24-21(25)28-13-15-6-8-16(9-7-15)19(22)26/h2-12H,13H2,1H3,(H2,22,26). The lowest BCUT2D eigenvalue weighted by Crippen LogP contribution is -2.10. The lowest BCUT2D eigenvalue weighted by molar-refractivity contribution is 0.100. The third-order valence-corrected chi connectivity index (χ3v) is 5.27. The summed E-state index contributed by atoms with van der Waals surface area (Å²) < 4.78 is 7.53. The highest BCUT2D eigenvalue weighted by Gasteiger charge is 2.18. The highest BCUT2D eigenvalue weighted by atomic mass is 32.2. The molecule has 2 aromatic carbocycles. The fourth-order valence-electron chi connectivity index (χ4n) is 2.77. The van der Waals surface area contributed by atoms with Crippen molar-refractivity contribution in [2.45, 2.75) is 17.8 Å². The SMILES string of the molecule is Cc1ccc(-n2c(SCc3ccc(C(N)=O)cc3)nnc2-c2ccco2)cc1. The molecule has 0 atom stereocenters. The molecule has 0 aliphatic carbocycles. The summed E-state index contributed by atoms with van der Waals surface area (Å²) in [5.41, 5.74) is 9.01. The van der Waals surface area contributed by atoms with Crippen LogP contribution in [0.3, 0.4) is 0 Å². The van der Waals surface area contributed by atoms with Crippen LogP contribution >= 0.6 is 11.8 Å². The number of thioether (sulfide) groups is 1. The second-order valence-corrected chi connectivity index (χ2v) is 7.25. The molecule has 0 aliphatic rings. The minimum absolute atomic E-state index is 0.429. The molecular weight excluding hydrogens is 372 g/mol. The topological polar surface area (TPSA) is 86.9 Å². The Morgan fingerprint density at radius 1 is 1.07 bits per heavy atom. The van der Waals surface area contributed by atoms with Crippen molar-refractivity contribution in [2.24, 2.45) is 5.73 Å². The molecule has 1 amide bonds. The maximum Gasteiger partial charge on any atom is 0.248 e. The van der Waals surface area contributed by atoms with Gasteiger partial charge in [-0.3, -0.25) is 9.36 Å². The molecule has 28 heavy (non-hydrogen) atoms. The first-order valence-electron chi connectivity index (χ1n) is 8.70. The van der Waals surface area contributed by atoms with E-state index in [9.17, 15) is 4.79 Å². The van der Waals surface area contributed by atoms with Crippen molar-refractivity contribution in [1.82, 2.24) is 14.8 Å². The lowest BCUT2D eigenvalue weighted by Gasteiger charge is -2.10. The molecule has 0 radical (unpaired) electrons. The van der Waals surface area contributed by atoms with Gasteiger partial charge in [-0.25, -0.2) is 0 Å². The second kappa shape index (κ2) is 7.74. The van der Waals surface area contributed by atoms with E-state index in [1.165, 1.54) is 5.56 Å². The average Bonchev–Trinajstić information content (AvgIpc) is 3.37. The molecule has 0 fully saturated rings. The van der Waals surface area contributed by atoms with Crippen molar-refractivity contribution in [3.05, 3.63) is 83.6 Å². The fourth-order valence-corrected chi connectivity index (χ4v) is 3.68. The molecule has 0 saturated carbocycles. The van der Waals surface area contributed by atoms with E-state index in [-0.39, 0.29) is 0 Å². The lowest BCUT2D eigenvalue weighted by atomic mass is 10.1. The number of benzene rings is 2. The monoisotopic (exact) mass is 390 g/mol. The first-order chi connectivity index (χ1) is 13.6. The average molecular weight is 390 g/mol. The summed E-state index contributed by atoms with van der Waals surface area (Å²) >= 11 is 1.56. The Balaban J connectivity index is 1.65. The minimum atomic E-state index is -0.429. The van der Waals surface area contributed by atoms with Crippen LogP contribution in [-0.4, -0.2) is 20.7 Å². The normalized spacial score (nSPS) is 10.9. The molecule has 7 heteroatoms. The number of amides is 1. The van der Waals surface area contributed by atoms with Gasteiger partial charge in [0.15, 0.2) is 10.9 Å². The maximum absolute atomic E-state index is 11.2. The van der Waals surface area contributed by atoms with Gasteiger partial charge in [0.25, 0.3) is 0 Å². The molecule has 2 heterocycles. The Kier molecular flexibility index (Phi) is 4.99. The zero-order valence-corrected chi connectivity index (χ0v) is 16.0. The van der Waals surface area contributed by atoms with E-state index in [1.807, 2.05) is 41.0 Å². The van der Waals surface area contributed by atoms with E-state index in [0.717, 1.165) is 16.4 Å². The van der Waals surface area contributed by atoms with Crippen LogP contribution in [0.25, 0.3) is 17.3 Å². The van der Waals surface area contributed by atoms with Crippen LogP contribution in [0.2, 0.25) is 0 Å². The molecule has 140 valence electrons. The fraction of sp³-hybridized carbons (Fsp3) is 0.0952. The van der Waals surface area contributed by atoms with E-state index in [0.29, 0.717) is 22.9 Å². The van der Waals surface area contributed by atoms with Gasteiger partial charge in [0.2, 0.25) is 11.7 Å². The number of hydrogen-bond acceptors (Lipinski definition) is 5. The molecule has 6 nitrogen and oxygen atoms in total. The van der Waals surface area contributed by atoms with Crippen molar-refractivity contribution >= 4 is 17.7 Å². The summed E-state index contributed by atoms with van der Waals surface area (Å²) in [5, 5.41) is 9.48. The Labute approximate surface area is 166 Å². The van der Waals surface area contributed by atoms with Crippen LogP contribution in [0.15, 0.2) is 76.5 Å². The maximum atomic E-state index is 11.2. The minimum Gasteiger partial charge on any atom is -0.461 e. The number of aryl methyl sites for hydroxylation is 1. The highest BCUT2D eigenvalue weighted by Crippen LogP contribution is 2.30. The van der Waals surface area contributed by atoms with Crippen LogP contribution < -0.4 is 5.73 Å². The Hall–Kier alpha value is -3.32. The third kappa shape index (κ3) is 3.70. The second-order valence-electron chi connectivity index (χ2n) is 6.30. The van der Waals surface area contributed by atoms with Gasteiger partial charge >= 0.3 is 0 Å². The summed E-state index contributed by atoms with van der Waals surface area (Å²) in [6, 6.07) is 19.1. The van der Waals surface area contributed by atoms with Crippen LogP contribution in [0, 0.1) is 6.92 Å². The number of nitrogens with zero attached hydrogens (tertiary/aromatic N) is 3. The number of carbonyl (C=O) groups is 1. The van der Waals surface area contributed by atoms with E-state index in [2.05, 4.69) is 29.3 Å². The van der Waals surface area contributed by atoms with Crippen molar-refractivity contribution < 1.29 is 9.21 Å². The van der Waals surface area contributed by atoms with Gasteiger partial charge < -0.3 is 10.2 Å². The number of hydrogen-bond donors (Lipinski definition) is 1. The van der Waals surface area contributed by atoms with E-state index < -0.39 is 5.91 Å². The van der Waals surface area contributed by atoms with Gasteiger partial charge in [-0.15, -0.1) is 10.2 Å². The van der Waals surface area contributed by atoms with Crippen LogP contribution in [0.4, 0.5) is 0 Å². The Bertz CT molecular complexity index is 1080. The van der Waals surface area contributed by atoms with E-state index >= 15 is 0 Å². The van der Waals surface area contributed by atoms with Crippen LogP contribution in [-0.2, 0) is 5.75 Å². The predicted molar refractivity (Wildman–Crippen MR) is 108 cm³/mol. The van der Waals surface area contributed by atoms with E-state index in [1.54, 1.807) is 30.2 Å². The van der Waals surface area contributed by atoms with E-state index in [4.69, 9.17) is 10.2 Å². The van der Waals surface area contributed by atoms with Crippen LogP contribution in [0.5, 0.6) is 0 Å². The number of primary amides is 1. The molecule has 4 rings (SSSR count). The van der Waals surface area contributed by atoms with Gasteiger partial charge in [0, 0.05) is 17.0 Å². The first-order valence-corrected chi connectivity index (χ1v) is 9.68. The van der Waals surface area contributed by atoms with Gasteiger partial charge in [-0.05, 0) is 48.9 Å². The molecule has 2 aromatic heterocycles. The molecule has 4 aromatic rings. The van der Waals surface area contributed by atoms with Gasteiger partial charge in [-0.1, -0.05) is 41.6 Å². The summed E-state index contributed by atoms with van der Waals surface area (Å²) in [4.78, 5) is 11.2. The number of aromatic nitrogens is 3. The number of nitrogens with two attached hydrogens (primary N) is 1. The predicted octanol–water partition coefficient (Wildman–Crippen LogP) is 4.23. The summed E-state index contributed by atoms with van der Waals surface area (Å²) in [5.74, 6) is 1.56. The molecule has 2 N–H and O–H groups in total. The zero-order chi connectivity index (χ0) is 19.5. The Morgan fingerprint density at radius 3 is 2.46 bits per heavy atom. The molecule has 0 unspecified atom stereocenters. The van der Waals surface area contributed by atoms with Crippen molar-refractivity contribution in [3.63, 3.8) is 0 Å². The summed E-state index contributed by atoms with van der Waals surface area (Å²) in [6.45, 7) is 2.05. The van der Waals surface area contributed by atoms with Crippen molar-refractivity contribution in [1.29, 1.82) is 0 Å². The van der Waals surface area contributed by atoms with Crippen molar-refractivity contribution in [2.75, 3.05) is 0 Å². The molecule has 0 spiro atoms. The van der Waals surface area contributed by atoms with Gasteiger partial charge in [-0.2, -0.15) is 0 Å². The largest absolute Gasteiger partial charge is 0.461 e. The molecular formula is C21H18N4O2S.